The fraction of sp³-hybridized carbons (Fsp3) is 0.818. The van der Waals surface area contributed by atoms with Gasteiger partial charge in [0.1, 0.15) is 6.29 Å². The maximum atomic E-state index is 11.0. The summed E-state index contributed by atoms with van der Waals surface area (Å²) in [5, 5.41) is 0. The Balaban J connectivity index is 3.53. The largest absolute Gasteiger partial charge is 0.466 e. The van der Waals surface area contributed by atoms with Crippen LogP contribution >= 0.6 is 0 Å². The van der Waals surface area contributed by atoms with Crippen LogP contribution in [0.2, 0.25) is 0 Å². The molecule has 0 bridgehead atoms. The Labute approximate surface area is 85.8 Å². The molecule has 0 aromatic rings. The summed E-state index contributed by atoms with van der Waals surface area (Å²) in [4.78, 5) is 21.4. The molecule has 0 spiro atoms. The van der Waals surface area contributed by atoms with Crippen molar-refractivity contribution in [3.05, 3.63) is 0 Å². The van der Waals surface area contributed by atoms with Crippen LogP contribution in [-0.2, 0) is 14.3 Å². The number of rotatable bonds is 7. The molecule has 0 saturated heterocycles. The zero-order valence-corrected chi connectivity index (χ0v) is 9.29. The topological polar surface area (TPSA) is 43.4 Å². The van der Waals surface area contributed by atoms with Crippen LogP contribution in [-0.4, -0.2) is 18.9 Å². The number of ether oxygens (including phenoxy) is 1. The Morgan fingerprint density at radius 1 is 1.43 bits per heavy atom. The monoisotopic (exact) mass is 200 g/mol. The Morgan fingerprint density at radius 2 is 2.07 bits per heavy atom. The zero-order valence-electron chi connectivity index (χ0n) is 9.29. The maximum absolute atomic E-state index is 11.0. The second kappa shape index (κ2) is 7.54. The first-order valence-corrected chi connectivity index (χ1v) is 5.22. The number of hydrogen-bond acceptors (Lipinski definition) is 3. The minimum atomic E-state index is -0.140. The number of aldehydes is 1. The first-order valence-electron chi connectivity index (χ1n) is 5.22. The van der Waals surface area contributed by atoms with Crippen molar-refractivity contribution in [3.63, 3.8) is 0 Å². The highest BCUT2D eigenvalue weighted by Crippen LogP contribution is 2.16. The Hall–Kier alpha value is -0.860. The summed E-state index contributed by atoms with van der Waals surface area (Å²) >= 11 is 0. The Morgan fingerprint density at radius 3 is 2.57 bits per heavy atom. The van der Waals surface area contributed by atoms with Gasteiger partial charge in [0.15, 0.2) is 0 Å². The summed E-state index contributed by atoms with van der Waals surface area (Å²) in [7, 11) is 0. The van der Waals surface area contributed by atoms with Gasteiger partial charge in [-0.25, -0.2) is 0 Å². The average molecular weight is 200 g/mol. The van der Waals surface area contributed by atoms with E-state index in [1.54, 1.807) is 6.92 Å². The van der Waals surface area contributed by atoms with Crippen LogP contribution in [0.15, 0.2) is 0 Å². The van der Waals surface area contributed by atoms with Crippen LogP contribution < -0.4 is 0 Å². The van der Waals surface area contributed by atoms with Crippen LogP contribution in [0.4, 0.5) is 0 Å². The average Bonchev–Trinajstić information content (AvgIpc) is 2.16. The molecule has 0 aliphatic carbocycles. The smallest absolute Gasteiger partial charge is 0.305 e. The minimum absolute atomic E-state index is 0.0807. The normalized spacial score (nSPS) is 14.5. The van der Waals surface area contributed by atoms with Gasteiger partial charge in [-0.15, -0.1) is 0 Å². The Kier molecular flexibility index (Phi) is 7.07. The van der Waals surface area contributed by atoms with E-state index in [0.717, 1.165) is 19.1 Å². The fourth-order valence-corrected chi connectivity index (χ4v) is 1.20. The molecule has 14 heavy (non-hydrogen) atoms. The van der Waals surface area contributed by atoms with Crippen LogP contribution in [0.25, 0.3) is 0 Å². The molecule has 0 amide bonds. The standard InChI is InChI=1S/C11H20O3/c1-4-14-11(13)7-5-6-9(2)10(3)8-12/h8-10H,4-7H2,1-3H3. The van der Waals surface area contributed by atoms with Crippen molar-refractivity contribution in [2.45, 2.75) is 40.0 Å². The second-order valence-corrected chi connectivity index (χ2v) is 3.67. The SMILES string of the molecule is CCOC(=O)CCCC(C)C(C)C=O. The molecule has 2 atom stereocenters. The van der Waals surface area contributed by atoms with Crippen molar-refractivity contribution in [1.29, 1.82) is 0 Å². The van der Waals surface area contributed by atoms with E-state index in [4.69, 9.17) is 4.74 Å². The van der Waals surface area contributed by atoms with Crippen LogP contribution in [0.3, 0.4) is 0 Å². The first kappa shape index (κ1) is 13.1. The minimum Gasteiger partial charge on any atom is -0.466 e. The lowest BCUT2D eigenvalue weighted by atomic mass is 9.92. The summed E-state index contributed by atoms with van der Waals surface area (Å²) in [6.07, 6.45) is 3.13. The first-order chi connectivity index (χ1) is 6.61. The highest BCUT2D eigenvalue weighted by atomic mass is 16.5. The number of carbonyl (C=O) groups excluding carboxylic acids is 2. The molecule has 0 fully saturated rings. The molecule has 0 aliphatic rings. The molecule has 0 aromatic heterocycles. The third kappa shape index (κ3) is 5.73. The van der Waals surface area contributed by atoms with Gasteiger partial charge in [-0.05, 0) is 25.7 Å². The van der Waals surface area contributed by atoms with Gasteiger partial charge in [0.2, 0.25) is 0 Å². The summed E-state index contributed by atoms with van der Waals surface area (Å²) in [5.74, 6) is 0.289. The lowest BCUT2D eigenvalue weighted by Crippen LogP contribution is -2.10. The van der Waals surface area contributed by atoms with Gasteiger partial charge < -0.3 is 9.53 Å². The van der Waals surface area contributed by atoms with E-state index >= 15 is 0 Å². The molecule has 82 valence electrons. The van der Waals surface area contributed by atoms with Gasteiger partial charge >= 0.3 is 5.97 Å². The van der Waals surface area contributed by atoms with E-state index in [2.05, 4.69) is 0 Å². The molecule has 0 rings (SSSR count). The van der Waals surface area contributed by atoms with Crippen molar-refractivity contribution in [2.75, 3.05) is 6.61 Å². The lowest BCUT2D eigenvalue weighted by Gasteiger charge is -2.13. The highest BCUT2D eigenvalue weighted by Gasteiger charge is 2.11. The summed E-state index contributed by atoms with van der Waals surface area (Å²) < 4.78 is 4.80. The van der Waals surface area contributed by atoms with Crippen molar-refractivity contribution in [2.24, 2.45) is 11.8 Å². The molecule has 0 heterocycles. The molecule has 0 radical (unpaired) electrons. The molecule has 0 aliphatic heterocycles. The van der Waals surface area contributed by atoms with Crippen LogP contribution in [0.1, 0.15) is 40.0 Å². The summed E-state index contributed by atoms with van der Waals surface area (Å²) in [5.41, 5.74) is 0. The van der Waals surface area contributed by atoms with Gasteiger partial charge in [-0.2, -0.15) is 0 Å². The predicted molar refractivity (Wildman–Crippen MR) is 54.9 cm³/mol. The lowest BCUT2D eigenvalue weighted by molar-refractivity contribution is -0.143. The Bertz CT molecular complexity index is 177. The summed E-state index contributed by atoms with van der Waals surface area (Å²) in [6.45, 7) is 6.18. The molecule has 0 aromatic carbocycles. The molecule has 2 unspecified atom stereocenters. The third-order valence-electron chi connectivity index (χ3n) is 2.46. The number of carbonyl (C=O) groups is 2. The van der Waals surface area contributed by atoms with Gasteiger partial charge in [-0.3, -0.25) is 4.79 Å². The summed E-state index contributed by atoms with van der Waals surface area (Å²) in [6, 6.07) is 0. The van der Waals surface area contributed by atoms with E-state index < -0.39 is 0 Å². The van der Waals surface area contributed by atoms with E-state index in [-0.39, 0.29) is 11.9 Å². The molecular weight excluding hydrogens is 180 g/mol. The van der Waals surface area contributed by atoms with Gasteiger partial charge in [-0.1, -0.05) is 13.8 Å². The van der Waals surface area contributed by atoms with Gasteiger partial charge in [0, 0.05) is 12.3 Å². The molecule has 3 heteroatoms. The van der Waals surface area contributed by atoms with Crippen molar-refractivity contribution in [3.8, 4) is 0 Å². The number of esters is 1. The van der Waals surface area contributed by atoms with Crippen LogP contribution in [0, 0.1) is 11.8 Å². The molecule has 0 saturated carbocycles. The fourth-order valence-electron chi connectivity index (χ4n) is 1.20. The van der Waals surface area contributed by atoms with Crippen molar-refractivity contribution in [1.82, 2.24) is 0 Å². The van der Waals surface area contributed by atoms with Crippen molar-refractivity contribution >= 4 is 12.3 Å². The van der Waals surface area contributed by atoms with Crippen molar-refractivity contribution < 1.29 is 14.3 Å². The molecule has 3 nitrogen and oxygen atoms in total. The molecular formula is C11H20O3. The predicted octanol–water partition coefficient (Wildman–Crippen LogP) is 2.19. The van der Waals surface area contributed by atoms with Crippen LogP contribution in [0.5, 0.6) is 0 Å². The van der Waals surface area contributed by atoms with E-state index in [1.807, 2.05) is 13.8 Å². The third-order valence-corrected chi connectivity index (χ3v) is 2.46. The van der Waals surface area contributed by atoms with Gasteiger partial charge in [0.25, 0.3) is 0 Å². The molecule has 0 N–H and O–H groups in total. The highest BCUT2D eigenvalue weighted by molar-refractivity contribution is 5.69. The number of hydrogen-bond donors (Lipinski definition) is 0. The van der Waals surface area contributed by atoms with Gasteiger partial charge in [0.05, 0.1) is 6.61 Å². The van der Waals surface area contributed by atoms with E-state index in [9.17, 15) is 9.59 Å². The van der Waals surface area contributed by atoms with E-state index in [1.165, 1.54) is 0 Å². The maximum Gasteiger partial charge on any atom is 0.305 e. The van der Waals surface area contributed by atoms with E-state index in [0.29, 0.717) is 18.9 Å². The second-order valence-electron chi connectivity index (χ2n) is 3.67. The zero-order chi connectivity index (χ0) is 11.0. The quantitative estimate of drug-likeness (QED) is 0.467.